The zero-order chi connectivity index (χ0) is 26.2. The highest BCUT2D eigenvalue weighted by molar-refractivity contribution is 7.13. The van der Waals surface area contributed by atoms with Crippen LogP contribution in [0.15, 0.2) is 47.2 Å². The Hall–Kier alpha value is -3.67. The summed E-state index contributed by atoms with van der Waals surface area (Å²) >= 11 is 13.6. The lowest BCUT2D eigenvalue weighted by atomic mass is 10.1. The summed E-state index contributed by atoms with van der Waals surface area (Å²) in [7, 11) is 0. The van der Waals surface area contributed by atoms with E-state index in [1.165, 1.54) is 36.7 Å². The van der Waals surface area contributed by atoms with Crippen LogP contribution in [0.3, 0.4) is 0 Å². The van der Waals surface area contributed by atoms with E-state index in [0.717, 1.165) is 11.3 Å². The molecule has 2 aromatic heterocycles. The van der Waals surface area contributed by atoms with Gasteiger partial charge in [0.2, 0.25) is 5.91 Å². The smallest absolute Gasteiger partial charge is 0.328 e. The van der Waals surface area contributed by atoms with E-state index < -0.39 is 23.8 Å². The lowest BCUT2D eigenvalue weighted by Gasteiger charge is -2.17. The molecule has 0 saturated carbocycles. The van der Waals surface area contributed by atoms with E-state index in [2.05, 4.69) is 20.9 Å². The molecule has 3 aromatic rings. The fourth-order valence-electron chi connectivity index (χ4n) is 2.92. The molecule has 0 aliphatic rings. The Kier molecular flexibility index (Phi) is 9.23. The van der Waals surface area contributed by atoms with Crippen molar-refractivity contribution >= 4 is 64.3 Å². The average Bonchev–Trinajstić information content (AvgIpc) is 3.50. The number of furan rings is 1. The Bertz CT molecular complexity index is 1280. The van der Waals surface area contributed by atoms with Crippen LogP contribution in [0.2, 0.25) is 10.0 Å². The molecule has 1 aromatic carbocycles. The predicted molar refractivity (Wildman–Crippen MR) is 134 cm³/mol. The second-order valence-corrected chi connectivity index (χ2v) is 9.37. The van der Waals surface area contributed by atoms with E-state index >= 15 is 0 Å². The van der Waals surface area contributed by atoms with E-state index in [1.807, 2.05) is 0 Å². The van der Waals surface area contributed by atoms with Crippen LogP contribution in [-0.4, -0.2) is 46.4 Å². The van der Waals surface area contributed by atoms with Crippen molar-refractivity contribution in [3.63, 3.8) is 0 Å². The molecule has 0 saturated heterocycles. The van der Waals surface area contributed by atoms with Gasteiger partial charge in [0.15, 0.2) is 0 Å². The number of hydrogen-bond donors (Lipinski definition) is 4. The average molecular weight is 551 g/mol. The number of aromatic nitrogens is 1. The molecule has 3 rings (SSSR count). The van der Waals surface area contributed by atoms with Gasteiger partial charge in [-0.1, -0.05) is 23.2 Å². The summed E-state index contributed by atoms with van der Waals surface area (Å²) in [5.74, 6) is -2.58. The van der Waals surface area contributed by atoms with Gasteiger partial charge in [-0.05, 0) is 42.8 Å². The standard InChI is InChI=1S/C23H20Cl2N4O6S/c1-12-26-11-18(36-12)21(31)28-10-17(23(33)34)29-22(32)20-15(24)7-13(8-16(20)25)9-27-19(30)5-4-14-3-2-6-35-14/h2-8,11,17H,9-10H2,1H3,(H,27,30)(H,28,31)(H,29,32)(H,33,34)/b5-4+. The summed E-state index contributed by atoms with van der Waals surface area (Å²) in [5.41, 5.74) is 0.380. The third-order valence-corrected chi connectivity index (χ3v) is 6.16. The Balaban J connectivity index is 1.60. The van der Waals surface area contributed by atoms with Crippen LogP contribution in [0.1, 0.15) is 36.4 Å². The molecule has 36 heavy (non-hydrogen) atoms. The van der Waals surface area contributed by atoms with Gasteiger partial charge in [0.05, 0.1) is 33.1 Å². The Labute approximate surface area is 219 Å². The van der Waals surface area contributed by atoms with Crippen molar-refractivity contribution in [2.24, 2.45) is 0 Å². The maximum atomic E-state index is 12.7. The Morgan fingerprint density at radius 3 is 2.47 bits per heavy atom. The van der Waals surface area contributed by atoms with Gasteiger partial charge >= 0.3 is 5.97 Å². The number of aliphatic carboxylic acids is 1. The number of hydrogen-bond acceptors (Lipinski definition) is 7. The molecule has 2 heterocycles. The third-order valence-electron chi connectivity index (χ3n) is 4.65. The largest absolute Gasteiger partial charge is 0.480 e. The molecule has 0 bridgehead atoms. The molecule has 3 amide bonds. The highest BCUT2D eigenvalue weighted by Crippen LogP contribution is 2.27. The van der Waals surface area contributed by atoms with Crippen molar-refractivity contribution in [2.45, 2.75) is 19.5 Å². The van der Waals surface area contributed by atoms with Crippen LogP contribution in [0.5, 0.6) is 0 Å². The number of carbonyl (C=O) groups is 4. The topological polar surface area (TPSA) is 151 Å². The molecule has 188 valence electrons. The number of carbonyl (C=O) groups excluding carboxylic acids is 3. The molecular weight excluding hydrogens is 531 g/mol. The molecule has 13 heteroatoms. The number of aryl methyl sites for hydroxylation is 1. The molecule has 1 atom stereocenters. The van der Waals surface area contributed by atoms with Gasteiger partial charge in [-0.3, -0.25) is 14.4 Å². The number of carboxylic acid groups (broad SMARTS) is 1. The van der Waals surface area contributed by atoms with Crippen molar-refractivity contribution in [1.82, 2.24) is 20.9 Å². The fraction of sp³-hybridized carbons (Fsp3) is 0.174. The number of halogens is 2. The summed E-state index contributed by atoms with van der Waals surface area (Å²) in [6, 6.07) is 4.81. The third kappa shape index (κ3) is 7.41. The fourth-order valence-corrected chi connectivity index (χ4v) is 4.31. The monoisotopic (exact) mass is 550 g/mol. The SMILES string of the molecule is Cc1ncc(C(=O)NCC(NC(=O)c2c(Cl)cc(CNC(=O)/C=C/c3ccco3)cc2Cl)C(=O)O)s1. The number of amides is 3. The van der Waals surface area contributed by atoms with Gasteiger partial charge in [0, 0.05) is 19.2 Å². The van der Waals surface area contributed by atoms with E-state index in [-0.39, 0.29) is 34.6 Å². The van der Waals surface area contributed by atoms with Crippen LogP contribution in [-0.2, 0) is 16.1 Å². The Morgan fingerprint density at radius 1 is 1.17 bits per heavy atom. The van der Waals surface area contributed by atoms with E-state index in [4.69, 9.17) is 27.6 Å². The predicted octanol–water partition coefficient (Wildman–Crippen LogP) is 3.29. The minimum absolute atomic E-state index is 0.0383. The normalized spacial score (nSPS) is 11.8. The van der Waals surface area contributed by atoms with Gasteiger partial charge in [0.1, 0.15) is 16.7 Å². The first kappa shape index (κ1) is 26.9. The summed E-state index contributed by atoms with van der Waals surface area (Å²) in [5, 5.41) is 17.5. The molecule has 0 aliphatic carbocycles. The minimum atomic E-state index is -1.44. The van der Waals surface area contributed by atoms with Crippen LogP contribution in [0.4, 0.5) is 0 Å². The zero-order valence-corrected chi connectivity index (χ0v) is 21.0. The van der Waals surface area contributed by atoms with Crippen molar-refractivity contribution in [3.8, 4) is 0 Å². The summed E-state index contributed by atoms with van der Waals surface area (Å²) < 4.78 is 5.10. The quantitative estimate of drug-likeness (QED) is 0.283. The van der Waals surface area contributed by atoms with Gasteiger partial charge < -0.3 is 25.5 Å². The van der Waals surface area contributed by atoms with Crippen LogP contribution in [0.25, 0.3) is 6.08 Å². The first-order valence-corrected chi connectivity index (χ1v) is 11.9. The van der Waals surface area contributed by atoms with Crippen LogP contribution >= 0.6 is 34.5 Å². The van der Waals surface area contributed by atoms with Crippen LogP contribution in [0, 0.1) is 6.92 Å². The number of rotatable bonds is 10. The minimum Gasteiger partial charge on any atom is -0.480 e. The molecular formula is C23H20Cl2N4O6S. The summed E-state index contributed by atoms with van der Waals surface area (Å²) in [6.45, 7) is 1.43. The lowest BCUT2D eigenvalue weighted by molar-refractivity contribution is -0.139. The first-order chi connectivity index (χ1) is 17.1. The summed E-state index contributed by atoms with van der Waals surface area (Å²) in [4.78, 5) is 52.8. The molecule has 0 spiro atoms. The van der Waals surface area contributed by atoms with Crippen molar-refractivity contribution < 1.29 is 28.7 Å². The van der Waals surface area contributed by atoms with Crippen LogP contribution < -0.4 is 16.0 Å². The molecule has 0 radical (unpaired) electrons. The van der Waals surface area contributed by atoms with Gasteiger partial charge in [-0.2, -0.15) is 0 Å². The van der Waals surface area contributed by atoms with E-state index in [0.29, 0.717) is 21.2 Å². The number of thiazole rings is 1. The first-order valence-electron chi connectivity index (χ1n) is 10.4. The maximum Gasteiger partial charge on any atom is 0.328 e. The second kappa shape index (κ2) is 12.3. The number of nitrogens with one attached hydrogen (secondary N) is 3. The molecule has 10 nitrogen and oxygen atoms in total. The number of benzene rings is 1. The van der Waals surface area contributed by atoms with Crippen molar-refractivity contribution in [2.75, 3.05) is 6.54 Å². The second-order valence-electron chi connectivity index (χ2n) is 7.32. The molecule has 0 aliphatic heterocycles. The molecule has 1 unspecified atom stereocenters. The Morgan fingerprint density at radius 2 is 1.89 bits per heavy atom. The summed E-state index contributed by atoms with van der Waals surface area (Å²) in [6.07, 6.45) is 5.66. The maximum absolute atomic E-state index is 12.7. The van der Waals surface area contributed by atoms with E-state index in [1.54, 1.807) is 19.1 Å². The number of carboxylic acids is 1. The lowest BCUT2D eigenvalue weighted by Crippen LogP contribution is -2.48. The molecule has 4 N–H and O–H groups in total. The van der Waals surface area contributed by atoms with Gasteiger partial charge in [-0.25, -0.2) is 9.78 Å². The van der Waals surface area contributed by atoms with Gasteiger partial charge in [-0.15, -0.1) is 11.3 Å². The highest BCUT2D eigenvalue weighted by Gasteiger charge is 2.25. The van der Waals surface area contributed by atoms with E-state index in [9.17, 15) is 24.3 Å². The number of nitrogens with zero attached hydrogens (tertiary/aromatic N) is 1. The van der Waals surface area contributed by atoms with Crippen molar-refractivity contribution in [3.05, 3.63) is 79.6 Å². The van der Waals surface area contributed by atoms with Gasteiger partial charge in [0.25, 0.3) is 11.8 Å². The van der Waals surface area contributed by atoms with Crippen molar-refractivity contribution in [1.29, 1.82) is 0 Å². The molecule has 0 fully saturated rings. The highest BCUT2D eigenvalue weighted by atomic mass is 35.5. The zero-order valence-electron chi connectivity index (χ0n) is 18.7.